The van der Waals surface area contributed by atoms with E-state index in [0.717, 1.165) is 6.42 Å². The second-order valence-electron chi connectivity index (χ2n) is 4.70. The maximum atomic E-state index is 6.21. The Morgan fingerprint density at radius 1 is 1.40 bits per heavy atom. The van der Waals surface area contributed by atoms with E-state index in [9.17, 15) is 0 Å². The number of nitrogens with two attached hydrogens (primary N) is 1. The molecule has 2 atom stereocenters. The van der Waals surface area contributed by atoms with Gasteiger partial charge >= 0.3 is 0 Å². The summed E-state index contributed by atoms with van der Waals surface area (Å²) in [4.78, 5) is 0. The lowest BCUT2D eigenvalue weighted by Crippen LogP contribution is -2.34. The normalized spacial score (nSPS) is 25.3. The fourth-order valence-electron chi connectivity index (χ4n) is 2.17. The van der Waals surface area contributed by atoms with Crippen LogP contribution in [0, 0.1) is 5.92 Å². The topological polar surface area (TPSA) is 35.2 Å². The lowest BCUT2D eigenvalue weighted by atomic mass is 9.90. The molecule has 0 bridgehead atoms. The Hall–Kier alpha value is -0.860. The van der Waals surface area contributed by atoms with Gasteiger partial charge < -0.3 is 10.5 Å². The zero-order valence-electron chi connectivity index (χ0n) is 9.44. The zero-order valence-corrected chi connectivity index (χ0v) is 9.44. The largest absolute Gasteiger partial charge is 0.372 e. The third-order valence-corrected chi connectivity index (χ3v) is 2.97. The molecule has 82 valence electrons. The summed E-state index contributed by atoms with van der Waals surface area (Å²) in [5.41, 5.74) is 8.71. The lowest BCUT2D eigenvalue weighted by Gasteiger charge is -2.32. The summed E-state index contributed by atoms with van der Waals surface area (Å²) >= 11 is 0. The first kappa shape index (κ1) is 10.7. The van der Waals surface area contributed by atoms with Gasteiger partial charge in [0.25, 0.3) is 0 Å². The van der Waals surface area contributed by atoms with E-state index in [4.69, 9.17) is 10.5 Å². The number of fused-ring (bicyclic) bond motifs is 1. The van der Waals surface area contributed by atoms with Crippen molar-refractivity contribution in [3.8, 4) is 0 Å². The van der Waals surface area contributed by atoms with Gasteiger partial charge in [-0.15, -0.1) is 0 Å². The highest BCUT2D eigenvalue weighted by Gasteiger charge is 2.27. The van der Waals surface area contributed by atoms with Gasteiger partial charge in [0.05, 0.1) is 18.8 Å². The van der Waals surface area contributed by atoms with Crippen molar-refractivity contribution in [1.82, 2.24) is 0 Å². The smallest absolute Gasteiger partial charge is 0.0774 e. The van der Waals surface area contributed by atoms with E-state index in [1.807, 2.05) is 6.07 Å². The molecule has 2 N–H and O–H groups in total. The van der Waals surface area contributed by atoms with Crippen LogP contribution in [0.5, 0.6) is 0 Å². The number of rotatable bonds is 2. The predicted octanol–water partition coefficient (Wildman–Crippen LogP) is 2.63. The molecule has 0 amide bonds. The molecule has 0 aromatic heterocycles. The fraction of sp³-hybridized carbons (Fsp3) is 0.538. The summed E-state index contributed by atoms with van der Waals surface area (Å²) in [6.07, 6.45) is 1.22. The Balaban J connectivity index is 2.18. The standard InChI is InChI=1S/C13H19NO/c1-9(2)7-12-13(14)11-6-4-3-5-10(11)8-15-12/h3-6,9,12-13H,7-8,14H2,1-2H3/t12-,13?/m0/s1. The minimum absolute atomic E-state index is 0.0392. The van der Waals surface area contributed by atoms with Crippen LogP contribution in [0.15, 0.2) is 24.3 Å². The van der Waals surface area contributed by atoms with Crippen molar-refractivity contribution < 1.29 is 4.74 Å². The first-order valence-electron chi connectivity index (χ1n) is 5.63. The first-order chi connectivity index (χ1) is 7.18. The first-order valence-corrected chi connectivity index (χ1v) is 5.63. The van der Waals surface area contributed by atoms with E-state index in [1.54, 1.807) is 0 Å². The third-order valence-electron chi connectivity index (χ3n) is 2.97. The Morgan fingerprint density at radius 2 is 2.13 bits per heavy atom. The van der Waals surface area contributed by atoms with Gasteiger partial charge in [-0.1, -0.05) is 38.1 Å². The zero-order chi connectivity index (χ0) is 10.8. The highest BCUT2D eigenvalue weighted by molar-refractivity contribution is 5.31. The second-order valence-corrected chi connectivity index (χ2v) is 4.70. The Kier molecular flexibility index (Phi) is 3.08. The minimum Gasteiger partial charge on any atom is -0.372 e. The van der Waals surface area contributed by atoms with Crippen LogP contribution in [0.4, 0.5) is 0 Å². The number of ether oxygens (including phenoxy) is 1. The van der Waals surface area contributed by atoms with Gasteiger partial charge in [-0.3, -0.25) is 0 Å². The molecule has 0 fully saturated rings. The molecule has 1 aromatic carbocycles. The molecule has 2 rings (SSSR count). The Morgan fingerprint density at radius 3 is 2.87 bits per heavy atom. The molecule has 0 aliphatic carbocycles. The van der Waals surface area contributed by atoms with Crippen LogP contribution < -0.4 is 5.73 Å². The maximum absolute atomic E-state index is 6.21. The number of hydrogen-bond acceptors (Lipinski definition) is 2. The van der Waals surface area contributed by atoms with Crippen molar-refractivity contribution in [1.29, 1.82) is 0 Å². The molecule has 2 heteroatoms. The maximum Gasteiger partial charge on any atom is 0.0774 e. The molecular formula is C13H19NO. The van der Waals surface area contributed by atoms with E-state index < -0.39 is 0 Å². The molecular weight excluding hydrogens is 186 g/mol. The van der Waals surface area contributed by atoms with Crippen molar-refractivity contribution >= 4 is 0 Å². The minimum atomic E-state index is 0.0392. The van der Waals surface area contributed by atoms with Crippen molar-refractivity contribution in [3.63, 3.8) is 0 Å². The van der Waals surface area contributed by atoms with Crippen LogP contribution in [0.25, 0.3) is 0 Å². The number of hydrogen-bond donors (Lipinski definition) is 1. The van der Waals surface area contributed by atoms with E-state index in [-0.39, 0.29) is 12.1 Å². The van der Waals surface area contributed by atoms with Crippen LogP contribution >= 0.6 is 0 Å². The molecule has 1 aliphatic rings. The summed E-state index contributed by atoms with van der Waals surface area (Å²) in [6, 6.07) is 8.35. The van der Waals surface area contributed by atoms with Gasteiger partial charge in [0, 0.05) is 0 Å². The van der Waals surface area contributed by atoms with Crippen molar-refractivity contribution in [2.45, 2.75) is 39.0 Å². The third kappa shape index (κ3) is 2.21. The summed E-state index contributed by atoms with van der Waals surface area (Å²) in [5.74, 6) is 0.631. The predicted molar refractivity (Wildman–Crippen MR) is 61.4 cm³/mol. The number of benzene rings is 1. The van der Waals surface area contributed by atoms with Gasteiger partial charge in [0.2, 0.25) is 0 Å². The molecule has 1 heterocycles. The highest BCUT2D eigenvalue weighted by atomic mass is 16.5. The quantitative estimate of drug-likeness (QED) is 0.805. The molecule has 0 saturated carbocycles. The summed E-state index contributed by atoms with van der Waals surface area (Å²) in [7, 11) is 0. The lowest BCUT2D eigenvalue weighted by molar-refractivity contribution is -0.00338. The van der Waals surface area contributed by atoms with Crippen LogP contribution in [0.2, 0.25) is 0 Å². The summed E-state index contributed by atoms with van der Waals surface area (Å²) in [6.45, 7) is 5.12. The van der Waals surface area contributed by atoms with E-state index in [0.29, 0.717) is 12.5 Å². The summed E-state index contributed by atoms with van der Waals surface area (Å²) < 4.78 is 5.80. The summed E-state index contributed by atoms with van der Waals surface area (Å²) in [5, 5.41) is 0. The van der Waals surface area contributed by atoms with Crippen molar-refractivity contribution in [2.24, 2.45) is 11.7 Å². The molecule has 1 aromatic rings. The highest BCUT2D eigenvalue weighted by Crippen LogP contribution is 2.30. The SMILES string of the molecule is CC(C)C[C@@H]1OCc2ccccc2C1N. The van der Waals surface area contributed by atoms with E-state index >= 15 is 0 Å². The molecule has 1 aliphatic heterocycles. The Bertz CT molecular complexity index is 335. The monoisotopic (exact) mass is 205 g/mol. The molecule has 0 radical (unpaired) electrons. The average Bonchev–Trinajstić information content (AvgIpc) is 2.22. The van der Waals surface area contributed by atoms with Gasteiger partial charge in [-0.05, 0) is 23.5 Å². The van der Waals surface area contributed by atoms with E-state index in [2.05, 4.69) is 32.0 Å². The van der Waals surface area contributed by atoms with Gasteiger partial charge in [0.15, 0.2) is 0 Å². The van der Waals surface area contributed by atoms with Gasteiger partial charge in [-0.2, -0.15) is 0 Å². The molecule has 0 spiro atoms. The van der Waals surface area contributed by atoms with E-state index in [1.165, 1.54) is 11.1 Å². The molecule has 15 heavy (non-hydrogen) atoms. The molecule has 2 nitrogen and oxygen atoms in total. The van der Waals surface area contributed by atoms with Gasteiger partial charge in [0.1, 0.15) is 0 Å². The second kappa shape index (κ2) is 4.33. The molecule has 1 unspecified atom stereocenters. The van der Waals surface area contributed by atoms with Crippen LogP contribution in [0.3, 0.4) is 0 Å². The van der Waals surface area contributed by atoms with Gasteiger partial charge in [-0.25, -0.2) is 0 Å². The van der Waals surface area contributed by atoms with Crippen molar-refractivity contribution in [3.05, 3.63) is 35.4 Å². The Labute approximate surface area is 91.4 Å². The van der Waals surface area contributed by atoms with Crippen molar-refractivity contribution in [2.75, 3.05) is 0 Å². The van der Waals surface area contributed by atoms with Crippen LogP contribution in [-0.2, 0) is 11.3 Å². The van der Waals surface area contributed by atoms with Crippen LogP contribution in [0.1, 0.15) is 37.4 Å². The molecule has 0 saturated heterocycles. The fourth-order valence-corrected chi connectivity index (χ4v) is 2.17. The average molecular weight is 205 g/mol. The van der Waals surface area contributed by atoms with Crippen LogP contribution in [-0.4, -0.2) is 6.10 Å².